The van der Waals surface area contributed by atoms with Crippen LogP contribution in [0.15, 0.2) is 42.7 Å². The molecule has 0 saturated carbocycles. The van der Waals surface area contributed by atoms with Crippen LogP contribution in [-0.2, 0) is 13.1 Å². The highest BCUT2D eigenvalue weighted by molar-refractivity contribution is 5.42. The zero-order valence-corrected chi connectivity index (χ0v) is 14.0. The van der Waals surface area contributed by atoms with E-state index in [9.17, 15) is 0 Å². The molecule has 0 aliphatic heterocycles. The van der Waals surface area contributed by atoms with E-state index >= 15 is 0 Å². The SMILES string of the molecule is CCCCCOc1ccc(CNCc2cccnc2)cc1OC. The van der Waals surface area contributed by atoms with E-state index in [0.29, 0.717) is 0 Å². The van der Waals surface area contributed by atoms with Crippen LogP contribution in [0.5, 0.6) is 11.5 Å². The number of aromatic nitrogens is 1. The molecular formula is C19H26N2O2. The Kier molecular flexibility index (Phi) is 7.40. The van der Waals surface area contributed by atoms with Crippen molar-refractivity contribution in [2.75, 3.05) is 13.7 Å². The summed E-state index contributed by atoms with van der Waals surface area (Å²) in [6, 6.07) is 10.1. The van der Waals surface area contributed by atoms with Crippen LogP contribution >= 0.6 is 0 Å². The number of nitrogens with zero attached hydrogens (tertiary/aromatic N) is 1. The first-order chi connectivity index (χ1) is 11.3. The highest BCUT2D eigenvalue weighted by Gasteiger charge is 2.06. The molecule has 0 aliphatic carbocycles. The van der Waals surface area contributed by atoms with E-state index < -0.39 is 0 Å². The van der Waals surface area contributed by atoms with E-state index in [-0.39, 0.29) is 0 Å². The topological polar surface area (TPSA) is 43.4 Å². The first kappa shape index (κ1) is 17.3. The molecule has 1 aromatic carbocycles. The minimum atomic E-state index is 0.739. The molecular weight excluding hydrogens is 288 g/mol. The summed E-state index contributed by atoms with van der Waals surface area (Å²) in [7, 11) is 1.68. The van der Waals surface area contributed by atoms with Crippen molar-refractivity contribution in [3.05, 3.63) is 53.9 Å². The summed E-state index contributed by atoms with van der Waals surface area (Å²) >= 11 is 0. The highest BCUT2D eigenvalue weighted by Crippen LogP contribution is 2.28. The Labute approximate surface area is 138 Å². The lowest BCUT2D eigenvalue weighted by Gasteiger charge is -2.12. The fourth-order valence-electron chi connectivity index (χ4n) is 2.33. The third kappa shape index (κ3) is 5.91. The average Bonchev–Trinajstić information content (AvgIpc) is 2.60. The fraction of sp³-hybridized carbons (Fsp3) is 0.421. The van der Waals surface area contributed by atoms with Gasteiger partial charge in [0.2, 0.25) is 0 Å². The maximum absolute atomic E-state index is 5.81. The molecule has 2 rings (SSSR count). The maximum atomic E-state index is 5.81. The molecule has 0 fully saturated rings. The Balaban J connectivity index is 1.85. The molecule has 0 bridgehead atoms. The molecule has 1 heterocycles. The van der Waals surface area contributed by atoms with Gasteiger partial charge in [0.1, 0.15) is 0 Å². The number of ether oxygens (including phenoxy) is 2. The van der Waals surface area contributed by atoms with Crippen molar-refractivity contribution < 1.29 is 9.47 Å². The molecule has 0 amide bonds. The Morgan fingerprint density at radius 1 is 1.04 bits per heavy atom. The van der Waals surface area contributed by atoms with Crippen molar-refractivity contribution in [3.8, 4) is 11.5 Å². The minimum absolute atomic E-state index is 0.739. The number of methoxy groups -OCH3 is 1. The van der Waals surface area contributed by atoms with Crippen molar-refractivity contribution in [3.63, 3.8) is 0 Å². The van der Waals surface area contributed by atoms with E-state index in [1.54, 1.807) is 13.3 Å². The number of nitrogens with one attached hydrogen (secondary N) is 1. The van der Waals surface area contributed by atoms with Gasteiger partial charge < -0.3 is 14.8 Å². The molecule has 124 valence electrons. The van der Waals surface area contributed by atoms with Gasteiger partial charge in [-0.2, -0.15) is 0 Å². The van der Waals surface area contributed by atoms with E-state index in [1.807, 2.05) is 24.4 Å². The van der Waals surface area contributed by atoms with Gasteiger partial charge in [0.25, 0.3) is 0 Å². The van der Waals surface area contributed by atoms with Crippen molar-refractivity contribution in [1.82, 2.24) is 10.3 Å². The van der Waals surface area contributed by atoms with Crippen LogP contribution in [0, 0.1) is 0 Å². The molecule has 0 radical (unpaired) electrons. The van der Waals surface area contributed by atoms with Crippen molar-refractivity contribution in [2.24, 2.45) is 0 Å². The Morgan fingerprint density at radius 2 is 1.91 bits per heavy atom. The third-order valence-electron chi connectivity index (χ3n) is 3.61. The third-order valence-corrected chi connectivity index (χ3v) is 3.61. The standard InChI is InChI=1S/C19H26N2O2/c1-3-4-5-11-23-18-9-8-16(12-19(18)22-2)13-21-15-17-7-6-10-20-14-17/h6-10,12,14,21H,3-5,11,13,15H2,1-2H3. The molecule has 4 nitrogen and oxygen atoms in total. The fourth-order valence-corrected chi connectivity index (χ4v) is 2.33. The predicted octanol–water partition coefficient (Wildman–Crippen LogP) is 3.95. The van der Waals surface area contributed by atoms with Gasteiger partial charge in [-0.05, 0) is 35.7 Å². The summed E-state index contributed by atoms with van der Waals surface area (Å²) in [6.07, 6.45) is 7.13. The van der Waals surface area contributed by atoms with E-state index in [4.69, 9.17) is 9.47 Å². The number of unbranched alkanes of at least 4 members (excludes halogenated alkanes) is 2. The van der Waals surface area contributed by atoms with Gasteiger partial charge in [-0.25, -0.2) is 0 Å². The maximum Gasteiger partial charge on any atom is 0.161 e. The lowest BCUT2D eigenvalue weighted by Crippen LogP contribution is -2.13. The van der Waals surface area contributed by atoms with E-state index in [1.165, 1.54) is 24.0 Å². The van der Waals surface area contributed by atoms with Crippen LogP contribution in [0.1, 0.15) is 37.3 Å². The first-order valence-electron chi connectivity index (χ1n) is 8.22. The number of benzene rings is 1. The number of pyridine rings is 1. The molecule has 23 heavy (non-hydrogen) atoms. The summed E-state index contributed by atoms with van der Waals surface area (Å²) in [5.74, 6) is 1.61. The van der Waals surface area contributed by atoms with Crippen molar-refractivity contribution >= 4 is 0 Å². The molecule has 1 N–H and O–H groups in total. The summed E-state index contributed by atoms with van der Waals surface area (Å²) in [5.41, 5.74) is 2.35. The molecule has 0 unspecified atom stereocenters. The second kappa shape index (κ2) is 9.85. The van der Waals surface area contributed by atoms with Crippen LogP contribution < -0.4 is 14.8 Å². The van der Waals surface area contributed by atoms with Crippen molar-refractivity contribution in [1.29, 1.82) is 0 Å². The lowest BCUT2D eigenvalue weighted by atomic mass is 10.2. The number of hydrogen-bond acceptors (Lipinski definition) is 4. The van der Waals surface area contributed by atoms with Crippen LogP contribution in [0.3, 0.4) is 0 Å². The summed E-state index contributed by atoms with van der Waals surface area (Å²) < 4.78 is 11.3. The second-order valence-electron chi connectivity index (χ2n) is 5.51. The summed E-state index contributed by atoms with van der Waals surface area (Å²) in [6.45, 7) is 4.50. The Hall–Kier alpha value is -2.07. The van der Waals surface area contributed by atoms with Crippen molar-refractivity contribution in [2.45, 2.75) is 39.3 Å². The molecule has 1 aromatic heterocycles. The number of rotatable bonds is 10. The molecule has 2 aromatic rings. The Morgan fingerprint density at radius 3 is 2.65 bits per heavy atom. The molecule has 4 heteroatoms. The van der Waals surface area contributed by atoms with Gasteiger partial charge in [-0.15, -0.1) is 0 Å². The zero-order chi connectivity index (χ0) is 16.3. The number of hydrogen-bond donors (Lipinski definition) is 1. The molecule has 0 spiro atoms. The normalized spacial score (nSPS) is 10.5. The van der Waals surface area contributed by atoms with Crippen LogP contribution in [0.25, 0.3) is 0 Å². The zero-order valence-electron chi connectivity index (χ0n) is 14.0. The monoisotopic (exact) mass is 314 g/mol. The van der Waals surface area contributed by atoms with Gasteiger partial charge in [0.05, 0.1) is 13.7 Å². The van der Waals surface area contributed by atoms with E-state index in [2.05, 4.69) is 29.4 Å². The van der Waals surface area contributed by atoms with Gasteiger partial charge in [0.15, 0.2) is 11.5 Å². The second-order valence-corrected chi connectivity index (χ2v) is 5.51. The van der Waals surface area contributed by atoms with Gasteiger partial charge in [-0.3, -0.25) is 4.98 Å². The molecule has 0 atom stereocenters. The first-order valence-corrected chi connectivity index (χ1v) is 8.22. The van der Waals surface area contributed by atoms with E-state index in [0.717, 1.165) is 37.6 Å². The largest absolute Gasteiger partial charge is 0.493 e. The van der Waals surface area contributed by atoms with Crippen LogP contribution in [0.2, 0.25) is 0 Å². The Bertz CT molecular complexity index is 573. The summed E-state index contributed by atoms with van der Waals surface area (Å²) in [4.78, 5) is 4.11. The van der Waals surface area contributed by atoms with Crippen LogP contribution in [0.4, 0.5) is 0 Å². The minimum Gasteiger partial charge on any atom is -0.493 e. The molecule has 0 aliphatic rings. The van der Waals surface area contributed by atoms with Gasteiger partial charge in [0, 0.05) is 25.5 Å². The molecule has 0 saturated heterocycles. The predicted molar refractivity (Wildman–Crippen MR) is 92.8 cm³/mol. The van der Waals surface area contributed by atoms with Gasteiger partial charge >= 0.3 is 0 Å². The van der Waals surface area contributed by atoms with Gasteiger partial charge in [-0.1, -0.05) is 31.9 Å². The van der Waals surface area contributed by atoms with Crippen LogP contribution in [-0.4, -0.2) is 18.7 Å². The summed E-state index contributed by atoms with van der Waals surface area (Å²) in [5, 5.41) is 3.41. The average molecular weight is 314 g/mol. The highest BCUT2D eigenvalue weighted by atomic mass is 16.5. The smallest absolute Gasteiger partial charge is 0.161 e. The quantitative estimate of drug-likeness (QED) is 0.674. The lowest BCUT2D eigenvalue weighted by molar-refractivity contribution is 0.286.